The maximum absolute atomic E-state index is 9.05. The second-order valence-corrected chi connectivity index (χ2v) is 7.37. The van der Waals surface area contributed by atoms with Gasteiger partial charge in [-0.3, -0.25) is 5.26 Å². The highest BCUT2D eigenvalue weighted by Crippen LogP contribution is 2.47. The van der Waals surface area contributed by atoms with Crippen LogP contribution >= 0.6 is 11.8 Å². The second kappa shape index (κ2) is 6.31. The lowest BCUT2D eigenvalue weighted by molar-refractivity contribution is -0.468. The highest BCUT2D eigenvalue weighted by atomic mass is 32.2. The van der Waals surface area contributed by atoms with Gasteiger partial charge in [-0.2, -0.15) is 11.8 Å². The summed E-state index contributed by atoms with van der Waals surface area (Å²) in [6.07, 6.45) is 5.07. The number of unbranched alkanes of at least 4 members (excludes halogenated alkanes) is 1. The molecule has 1 saturated carbocycles. The lowest BCUT2D eigenvalue weighted by atomic mass is 9.71. The number of fused-ring (bicyclic) bond motifs is 2. The molecule has 0 radical (unpaired) electrons. The van der Waals surface area contributed by atoms with Gasteiger partial charge in [0.05, 0.1) is 0 Å². The number of thioether (sulfide) groups is 1. The van der Waals surface area contributed by atoms with Crippen LogP contribution in [0.15, 0.2) is 0 Å². The fourth-order valence-electron chi connectivity index (χ4n) is 2.95. The molecule has 4 atom stereocenters. The third-order valence-corrected chi connectivity index (χ3v) is 5.98. The smallest absolute Gasteiger partial charge is 0.130 e. The molecule has 2 rings (SSSR count). The van der Waals surface area contributed by atoms with Crippen molar-refractivity contribution in [1.82, 2.24) is 0 Å². The molecule has 112 valence electrons. The highest BCUT2D eigenvalue weighted by molar-refractivity contribution is 7.99. The standard InChI is InChI=1S/C14H26O4S/c1-4-5-8-19-10-14(3)11-6-7-13(2,17-15)12(9-11)16-18-14/h11-12,15H,4-10H2,1-3H3/t11-,12-,13-,14?/m1/s1. The first-order valence-corrected chi connectivity index (χ1v) is 8.44. The minimum absolute atomic E-state index is 0.162. The van der Waals surface area contributed by atoms with Crippen molar-refractivity contribution in [3.05, 3.63) is 0 Å². The summed E-state index contributed by atoms with van der Waals surface area (Å²) in [6.45, 7) is 6.25. The summed E-state index contributed by atoms with van der Waals surface area (Å²) in [7, 11) is 0. The van der Waals surface area contributed by atoms with Crippen LogP contribution in [0.5, 0.6) is 0 Å². The van der Waals surface area contributed by atoms with Crippen molar-refractivity contribution in [2.24, 2.45) is 5.92 Å². The van der Waals surface area contributed by atoms with Crippen LogP contribution in [0.3, 0.4) is 0 Å². The van der Waals surface area contributed by atoms with Crippen LogP contribution in [0.2, 0.25) is 0 Å². The summed E-state index contributed by atoms with van der Waals surface area (Å²) in [5.41, 5.74) is -0.821. The quantitative estimate of drug-likeness (QED) is 0.459. The first-order chi connectivity index (χ1) is 9.04. The molecule has 1 unspecified atom stereocenters. The van der Waals surface area contributed by atoms with Crippen LogP contribution in [0.4, 0.5) is 0 Å². The van der Waals surface area contributed by atoms with E-state index in [-0.39, 0.29) is 11.7 Å². The molecule has 0 aromatic carbocycles. The van der Waals surface area contributed by atoms with Gasteiger partial charge in [0.15, 0.2) is 0 Å². The van der Waals surface area contributed by atoms with E-state index in [1.807, 2.05) is 18.7 Å². The van der Waals surface area contributed by atoms with Gasteiger partial charge in [-0.25, -0.2) is 14.7 Å². The Hall–Kier alpha value is 0.190. The molecule has 2 bridgehead atoms. The van der Waals surface area contributed by atoms with Gasteiger partial charge in [-0.1, -0.05) is 13.3 Å². The van der Waals surface area contributed by atoms with Crippen molar-refractivity contribution < 1.29 is 19.9 Å². The van der Waals surface area contributed by atoms with Gasteiger partial charge in [0.2, 0.25) is 0 Å². The van der Waals surface area contributed by atoms with Crippen molar-refractivity contribution >= 4 is 11.8 Å². The molecule has 0 amide bonds. The van der Waals surface area contributed by atoms with Crippen molar-refractivity contribution in [2.45, 2.75) is 70.2 Å². The Bertz CT molecular complexity index is 301. The molecule has 1 heterocycles. The zero-order chi connectivity index (χ0) is 13.9. The average molecular weight is 290 g/mol. The normalized spacial score (nSPS) is 42.3. The molecule has 0 aromatic heterocycles. The highest BCUT2D eigenvalue weighted by Gasteiger charge is 2.53. The molecular weight excluding hydrogens is 264 g/mol. The maximum atomic E-state index is 9.05. The van der Waals surface area contributed by atoms with Gasteiger partial charge in [-0.15, -0.1) is 0 Å². The fraction of sp³-hybridized carbons (Fsp3) is 1.00. The molecule has 19 heavy (non-hydrogen) atoms. The molecule has 1 N–H and O–H groups in total. The summed E-state index contributed by atoms with van der Waals surface area (Å²) >= 11 is 1.95. The molecule has 5 heteroatoms. The molecule has 1 saturated heterocycles. The molecule has 2 fully saturated rings. The van der Waals surface area contributed by atoms with E-state index in [1.54, 1.807) is 0 Å². The van der Waals surface area contributed by atoms with E-state index in [0.717, 1.165) is 25.0 Å². The zero-order valence-electron chi connectivity index (χ0n) is 12.2. The van der Waals surface area contributed by atoms with Crippen LogP contribution in [-0.4, -0.2) is 34.1 Å². The Morgan fingerprint density at radius 1 is 1.42 bits per heavy atom. The Morgan fingerprint density at radius 3 is 2.89 bits per heavy atom. The molecule has 0 aromatic rings. The van der Waals surface area contributed by atoms with E-state index in [4.69, 9.17) is 15.0 Å². The Labute approximate surface area is 120 Å². The van der Waals surface area contributed by atoms with Crippen LogP contribution in [0, 0.1) is 5.92 Å². The molecule has 1 aliphatic carbocycles. The van der Waals surface area contributed by atoms with E-state index >= 15 is 0 Å². The van der Waals surface area contributed by atoms with Gasteiger partial charge in [-0.05, 0) is 51.2 Å². The van der Waals surface area contributed by atoms with Crippen molar-refractivity contribution in [3.8, 4) is 0 Å². The Morgan fingerprint density at radius 2 is 2.21 bits per heavy atom. The van der Waals surface area contributed by atoms with Crippen LogP contribution < -0.4 is 0 Å². The monoisotopic (exact) mass is 290 g/mol. The van der Waals surface area contributed by atoms with E-state index in [2.05, 4.69) is 18.7 Å². The molecule has 1 aliphatic heterocycles. The SMILES string of the molecule is CCCCSCC1(C)OO[C@@H]2C[C@H]1CC[C@@]2(C)OO. The lowest BCUT2D eigenvalue weighted by Crippen LogP contribution is -2.58. The van der Waals surface area contributed by atoms with Crippen LogP contribution in [0.25, 0.3) is 0 Å². The topological polar surface area (TPSA) is 47.9 Å². The minimum atomic E-state index is -0.618. The van der Waals surface area contributed by atoms with Gasteiger partial charge in [0.25, 0.3) is 0 Å². The van der Waals surface area contributed by atoms with E-state index in [1.165, 1.54) is 18.6 Å². The molecule has 0 spiro atoms. The predicted molar refractivity (Wildman–Crippen MR) is 76.1 cm³/mol. The first-order valence-electron chi connectivity index (χ1n) is 7.29. The van der Waals surface area contributed by atoms with E-state index in [0.29, 0.717) is 5.92 Å². The third-order valence-electron chi connectivity index (χ3n) is 4.63. The average Bonchev–Trinajstić information content (AvgIpc) is 2.42. The van der Waals surface area contributed by atoms with Gasteiger partial charge in [0, 0.05) is 5.75 Å². The van der Waals surface area contributed by atoms with Crippen molar-refractivity contribution in [3.63, 3.8) is 0 Å². The first kappa shape index (κ1) is 15.6. The van der Waals surface area contributed by atoms with Crippen LogP contribution in [0.1, 0.15) is 52.9 Å². The number of rotatable bonds is 6. The second-order valence-electron chi connectivity index (χ2n) is 6.26. The van der Waals surface area contributed by atoms with Gasteiger partial charge >= 0.3 is 0 Å². The number of hydrogen-bond donors (Lipinski definition) is 1. The number of hydrogen-bond acceptors (Lipinski definition) is 5. The molecule has 4 nitrogen and oxygen atoms in total. The summed E-state index contributed by atoms with van der Waals surface area (Å²) in [4.78, 5) is 15.9. The van der Waals surface area contributed by atoms with Gasteiger partial charge < -0.3 is 0 Å². The fourth-order valence-corrected chi connectivity index (χ4v) is 4.27. The summed E-state index contributed by atoms with van der Waals surface area (Å²) < 4.78 is 0. The van der Waals surface area contributed by atoms with Crippen molar-refractivity contribution in [2.75, 3.05) is 11.5 Å². The zero-order valence-corrected chi connectivity index (χ0v) is 13.0. The van der Waals surface area contributed by atoms with Crippen LogP contribution in [-0.2, 0) is 14.7 Å². The Balaban J connectivity index is 1.90. The summed E-state index contributed by atoms with van der Waals surface area (Å²) in [5, 5.41) is 9.05. The summed E-state index contributed by atoms with van der Waals surface area (Å²) in [5.74, 6) is 2.65. The van der Waals surface area contributed by atoms with Gasteiger partial charge in [0.1, 0.15) is 17.3 Å². The molecular formula is C14H26O4S. The minimum Gasteiger partial charge on any atom is -0.251 e. The lowest BCUT2D eigenvalue weighted by Gasteiger charge is -2.51. The van der Waals surface area contributed by atoms with E-state index < -0.39 is 5.60 Å². The van der Waals surface area contributed by atoms with E-state index in [9.17, 15) is 0 Å². The predicted octanol–water partition coefficient (Wildman–Crippen LogP) is 3.66. The maximum Gasteiger partial charge on any atom is 0.130 e. The van der Waals surface area contributed by atoms with Crippen molar-refractivity contribution in [1.29, 1.82) is 0 Å². The largest absolute Gasteiger partial charge is 0.251 e. The third kappa shape index (κ3) is 3.27. The summed E-state index contributed by atoms with van der Waals surface area (Å²) in [6, 6.07) is 0. The Kier molecular flexibility index (Phi) is 5.17. The molecule has 2 aliphatic rings.